The largest absolute Gasteiger partial charge is 0.504 e. The lowest BCUT2D eigenvalue weighted by atomic mass is 10.2. The Morgan fingerprint density at radius 3 is 2.64 bits per heavy atom. The lowest BCUT2D eigenvalue weighted by molar-refractivity contribution is 0.481. The summed E-state index contributed by atoms with van der Waals surface area (Å²) >= 11 is 1.47. The third-order valence-electron chi connectivity index (χ3n) is 3.56. The van der Waals surface area contributed by atoms with Gasteiger partial charge in [0.15, 0.2) is 11.6 Å². The average Bonchev–Trinajstić information content (AvgIpc) is 3.06. The first-order chi connectivity index (χ1) is 10.7. The molecule has 108 valence electrons. The highest BCUT2D eigenvalue weighted by Crippen LogP contribution is 2.38. The molecule has 22 heavy (non-hydrogen) atoms. The number of hydrogen-bond acceptors (Lipinski definition) is 5. The van der Waals surface area contributed by atoms with E-state index in [4.69, 9.17) is 0 Å². The normalized spacial score (nSPS) is 11.9. The molecule has 5 nitrogen and oxygen atoms in total. The summed E-state index contributed by atoms with van der Waals surface area (Å²) in [5, 5.41) is 20.0. The molecule has 1 N–H and O–H groups in total. The van der Waals surface area contributed by atoms with Crippen LogP contribution < -0.4 is 0 Å². The number of aromatic hydroxyl groups is 1. The van der Waals surface area contributed by atoms with E-state index >= 15 is 0 Å². The Bertz CT molecular complexity index is 944. The molecule has 0 aliphatic rings. The number of hydrogen-bond donors (Lipinski definition) is 1. The molecule has 0 bridgehead atoms. The fourth-order valence-electron chi connectivity index (χ4n) is 2.47. The zero-order valence-electron chi connectivity index (χ0n) is 11.8. The van der Waals surface area contributed by atoms with Gasteiger partial charge in [0.1, 0.15) is 0 Å². The highest BCUT2D eigenvalue weighted by molar-refractivity contribution is 7.21. The van der Waals surface area contributed by atoms with Crippen LogP contribution in [0.15, 0.2) is 58.8 Å². The molecule has 0 fully saturated rings. The van der Waals surface area contributed by atoms with Gasteiger partial charge in [-0.05, 0) is 24.3 Å². The molecular weight excluding hydrogens is 296 g/mol. The number of para-hydroxylation sites is 2. The standard InChI is InChI=1S/C16H12N4OS/c1-20-12-8-4-2-6-10(12)14(21)15(20)18-19-16-17-11-7-3-5-9-13(11)22-16/h2-9,21H,1H3/b19-18+. The fourth-order valence-corrected chi connectivity index (χ4v) is 3.25. The van der Waals surface area contributed by atoms with E-state index in [0.717, 1.165) is 21.1 Å². The lowest BCUT2D eigenvalue weighted by Gasteiger charge is -1.96. The smallest absolute Gasteiger partial charge is 0.231 e. The minimum atomic E-state index is 0.142. The second-order valence-electron chi connectivity index (χ2n) is 4.91. The van der Waals surface area contributed by atoms with E-state index in [0.29, 0.717) is 10.9 Å². The summed E-state index contributed by atoms with van der Waals surface area (Å²) in [5.74, 6) is 0.573. The van der Waals surface area contributed by atoms with Crippen LogP contribution in [0.25, 0.3) is 21.1 Å². The van der Waals surface area contributed by atoms with Crippen LogP contribution in [0, 0.1) is 0 Å². The van der Waals surface area contributed by atoms with Gasteiger partial charge in [0.05, 0.1) is 15.7 Å². The summed E-state index contributed by atoms with van der Waals surface area (Å²) in [6.45, 7) is 0. The Balaban J connectivity index is 1.79. The van der Waals surface area contributed by atoms with E-state index in [1.807, 2.05) is 60.1 Å². The van der Waals surface area contributed by atoms with Crippen LogP contribution in [-0.2, 0) is 7.05 Å². The zero-order valence-corrected chi connectivity index (χ0v) is 12.6. The van der Waals surface area contributed by atoms with Crippen LogP contribution >= 0.6 is 11.3 Å². The molecule has 2 aromatic heterocycles. The van der Waals surface area contributed by atoms with E-state index in [2.05, 4.69) is 15.2 Å². The molecule has 2 heterocycles. The van der Waals surface area contributed by atoms with E-state index in [-0.39, 0.29) is 5.75 Å². The third kappa shape index (κ3) is 1.96. The van der Waals surface area contributed by atoms with Crippen LogP contribution in [0.1, 0.15) is 0 Å². The van der Waals surface area contributed by atoms with E-state index in [1.165, 1.54) is 11.3 Å². The van der Waals surface area contributed by atoms with Crippen LogP contribution in [0.4, 0.5) is 10.9 Å². The number of rotatable bonds is 2. The second-order valence-corrected chi connectivity index (χ2v) is 5.92. The van der Waals surface area contributed by atoms with Gasteiger partial charge in [0.25, 0.3) is 0 Å². The van der Waals surface area contributed by atoms with Crippen LogP contribution in [0.2, 0.25) is 0 Å². The maximum atomic E-state index is 10.3. The number of benzene rings is 2. The molecule has 0 atom stereocenters. The first-order valence-corrected chi connectivity index (χ1v) is 7.59. The van der Waals surface area contributed by atoms with Gasteiger partial charge in [0.2, 0.25) is 5.13 Å². The predicted octanol–water partition coefficient (Wildman–Crippen LogP) is 4.91. The van der Waals surface area contributed by atoms with Gasteiger partial charge in [-0.2, -0.15) is 0 Å². The van der Waals surface area contributed by atoms with Crippen LogP contribution in [-0.4, -0.2) is 14.7 Å². The first kappa shape index (κ1) is 13.0. The Hall–Kier alpha value is -2.73. The van der Waals surface area contributed by atoms with Gasteiger partial charge in [-0.1, -0.05) is 35.6 Å². The quantitative estimate of drug-likeness (QED) is 0.535. The molecule has 0 spiro atoms. The molecule has 0 aliphatic heterocycles. The van der Waals surface area contributed by atoms with Gasteiger partial charge < -0.3 is 9.67 Å². The lowest BCUT2D eigenvalue weighted by Crippen LogP contribution is -1.84. The highest BCUT2D eigenvalue weighted by atomic mass is 32.1. The van der Waals surface area contributed by atoms with Crippen LogP contribution in [0.5, 0.6) is 5.75 Å². The van der Waals surface area contributed by atoms with Crippen molar-refractivity contribution in [1.29, 1.82) is 0 Å². The van der Waals surface area contributed by atoms with E-state index in [9.17, 15) is 5.11 Å². The molecule has 4 rings (SSSR count). The third-order valence-corrected chi connectivity index (χ3v) is 4.48. The van der Waals surface area contributed by atoms with E-state index < -0.39 is 0 Å². The maximum Gasteiger partial charge on any atom is 0.231 e. The summed E-state index contributed by atoms with van der Waals surface area (Å²) in [6, 6.07) is 15.5. The molecule has 0 radical (unpaired) electrons. The van der Waals surface area contributed by atoms with Gasteiger partial charge in [-0.3, -0.25) is 0 Å². The number of thiazole rings is 1. The number of aromatic nitrogens is 2. The topological polar surface area (TPSA) is 62.8 Å². The molecule has 6 heteroatoms. The molecule has 0 saturated carbocycles. The second kappa shape index (κ2) is 4.92. The van der Waals surface area contributed by atoms with Crippen molar-refractivity contribution in [1.82, 2.24) is 9.55 Å². The van der Waals surface area contributed by atoms with Gasteiger partial charge in [-0.15, -0.1) is 10.2 Å². The molecule has 2 aromatic carbocycles. The van der Waals surface area contributed by atoms with E-state index in [1.54, 1.807) is 0 Å². The highest BCUT2D eigenvalue weighted by Gasteiger charge is 2.13. The number of azo groups is 1. The molecule has 0 unspecified atom stereocenters. The molecule has 0 aliphatic carbocycles. The molecular formula is C16H12N4OS. The van der Waals surface area contributed by atoms with Crippen molar-refractivity contribution in [3.63, 3.8) is 0 Å². The molecule has 4 aromatic rings. The number of nitrogens with zero attached hydrogens (tertiary/aromatic N) is 4. The van der Waals surface area contributed by atoms with Crippen molar-refractivity contribution in [2.75, 3.05) is 0 Å². The van der Waals surface area contributed by atoms with Gasteiger partial charge in [-0.25, -0.2) is 4.98 Å². The summed E-state index contributed by atoms with van der Waals surface area (Å²) in [7, 11) is 1.86. The SMILES string of the molecule is Cn1c(/N=N/c2nc3ccccc3s2)c(O)c2ccccc21. The minimum absolute atomic E-state index is 0.142. The molecule has 0 amide bonds. The van der Waals surface area contributed by atoms with Gasteiger partial charge in [0, 0.05) is 12.4 Å². The van der Waals surface area contributed by atoms with Gasteiger partial charge >= 0.3 is 0 Å². The first-order valence-electron chi connectivity index (χ1n) is 6.78. The Morgan fingerprint density at radius 1 is 1.05 bits per heavy atom. The monoisotopic (exact) mass is 308 g/mol. The van der Waals surface area contributed by atoms with Crippen molar-refractivity contribution < 1.29 is 5.11 Å². The number of aryl methyl sites for hydroxylation is 1. The number of fused-ring (bicyclic) bond motifs is 2. The average molecular weight is 308 g/mol. The van der Waals surface area contributed by atoms with Crippen molar-refractivity contribution >= 4 is 43.4 Å². The fraction of sp³-hybridized carbons (Fsp3) is 0.0625. The summed E-state index contributed by atoms with van der Waals surface area (Å²) in [5.41, 5.74) is 1.82. The van der Waals surface area contributed by atoms with Crippen molar-refractivity contribution in [3.8, 4) is 5.75 Å². The Morgan fingerprint density at radius 2 is 1.82 bits per heavy atom. The minimum Gasteiger partial charge on any atom is -0.504 e. The van der Waals surface area contributed by atoms with Crippen molar-refractivity contribution in [3.05, 3.63) is 48.5 Å². The van der Waals surface area contributed by atoms with Crippen molar-refractivity contribution in [2.24, 2.45) is 17.3 Å². The molecule has 0 saturated heterocycles. The predicted molar refractivity (Wildman–Crippen MR) is 88.4 cm³/mol. The van der Waals surface area contributed by atoms with Crippen LogP contribution in [0.3, 0.4) is 0 Å². The summed E-state index contributed by atoms with van der Waals surface area (Å²) in [6.07, 6.45) is 0. The summed E-state index contributed by atoms with van der Waals surface area (Å²) < 4.78 is 2.89. The Kier molecular flexibility index (Phi) is 2.90. The maximum absolute atomic E-state index is 10.3. The van der Waals surface area contributed by atoms with Crippen molar-refractivity contribution in [2.45, 2.75) is 0 Å². The Labute approximate surface area is 130 Å². The zero-order chi connectivity index (χ0) is 15.1. The summed E-state index contributed by atoms with van der Waals surface area (Å²) in [4.78, 5) is 4.41.